The molecule has 0 radical (unpaired) electrons. The molecule has 0 heterocycles. The van der Waals surface area contributed by atoms with Crippen LogP contribution in [-0.2, 0) is 14.8 Å². The first-order valence-electron chi connectivity index (χ1n) is 7.62. The number of hydrogen-bond donors (Lipinski definition) is 1. The molecule has 2 rings (SSSR count). The highest BCUT2D eigenvalue weighted by Crippen LogP contribution is 2.30. The fourth-order valence-corrected chi connectivity index (χ4v) is 4.10. The van der Waals surface area contributed by atoms with Gasteiger partial charge in [-0.15, -0.1) is 0 Å². The van der Waals surface area contributed by atoms with Crippen molar-refractivity contribution in [2.75, 3.05) is 33.1 Å². The van der Waals surface area contributed by atoms with E-state index in [9.17, 15) is 13.2 Å². The molecule has 0 saturated heterocycles. The van der Waals surface area contributed by atoms with Gasteiger partial charge in [0.1, 0.15) is 4.90 Å². The largest absolute Gasteiger partial charge is 0.493 e. The molecular weight excluding hydrogens is 415 g/mol. The number of ether oxygens (including phenoxy) is 2. The lowest BCUT2D eigenvalue weighted by atomic mass is 10.2. The van der Waals surface area contributed by atoms with E-state index in [2.05, 4.69) is 5.32 Å². The van der Waals surface area contributed by atoms with Crippen LogP contribution in [0.25, 0.3) is 0 Å². The van der Waals surface area contributed by atoms with Gasteiger partial charge in [-0.05, 0) is 30.3 Å². The van der Waals surface area contributed by atoms with Crippen molar-refractivity contribution in [3.05, 3.63) is 46.4 Å². The van der Waals surface area contributed by atoms with E-state index in [1.165, 1.54) is 39.5 Å². The summed E-state index contributed by atoms with van der Waals surface area (Å²) in [5.41, 5.74) is 0.434. The van der Waals surface area contributed by atoms with E-state index in [0.717, 1.165) is 4.31 Å². The minimum Gasteiger partial charge on any atom is -0.493 e. The van der Waals surface area contributed by atoms with Crippen LogP contribution in [0.4, 0.5) is 5.69 Å². The summed E-state index contributed by atoms with van der Waals surface area (Å²) in [6.45, 7) is -0.417. The molecule has 2 aromatic carbocycles. The maximum absolute atomic E-state index is 12.6. The topological polar surface area (TPSA) is 84.9 Å². The summed E-state index contributed by atoms with van der Waals surface area (Å²) in [4.78, 5) is 12.1. The van der Waals surface area contributed by atoms with Gasteiger partial charge in [0.15, 0.2) is 11.5 Å². The van der Waals surface area contributed by atoms with Gasteiger partial charge in [-0.25, -0.2) is 8.42 Å². The molecule has 0 aliphatic carbocycles. The van der Waals surface area contributed by atoms with Crippen molar-refractivity contribution in [3.63, 3.8) is 0 Å². The van der Waals surface area contributed by atoms with E-state index in [1.54, 1.807) is 18.2 Å². The minimum absolute atomic E-state index is 0.0200. The number of sulfonamides is 1. The summed E-state index contributed by atoms with van der Waals surface area (Å²) in [5.74, 6) is 0.402. The third kappa shape index (κ3) is 5.04. The molecule has 0 atom stereocenters. The van der Waals surface area contributed by atoms with E-state index in [4.69, 9.17) is 32.7 Å². The molecule has 10 heteroatoms. The van der Waals surface area contributed by atoms with Gasteiger partial charge in [-0.1, -0.05) is 23.2 Å². The van der Waals surface area contributed by atoms with Gasteiger partial charge in [-0.2, -0.15) is 4.31 Å². The number of amides is 1. The minimum atomic E-state index is -3.99. The van der Waals surface area contributed by atoms with Crippen LogP contribution in [0.1, 0.15) is 0 Å². The van der Waals surface area contributed by atoms with Crippen LogP contribution in [0.2, 0.25) is 10.0 Å². The number of anilines is 1. The molecule has 0 saturated carbocycles. The second-order valence-electron chi connectivity index (χ2n) is 5.45. The number of nitrogens with one attached hydrogen (secondary N) is 1. The lowest BCUT2D eigenvalue weighted by Crippen LogP contribution is -2.35. The summed E-state index contributed by atoms with van der Waals surface area (Å²) in [6, 6.07) is 8.91. The molecule has 0 fully saturated rings. The van der Waals surface area contributed by atoms with Crippen LogP contribution in [0.3, 0.4) is 0 Å². The number of carbonyl (C=O) groups excluding carboxylic acids is 1. The van der Waals surface area contributed by atoms with Crippen molar-refractivity contribution < 1.29 is 22.7 Å². The number of hydrogen-bond acceptors (Lipinski definition) is 5. The maximum Gasteiger partial charge on any atom is 0.244 e. The van der Waals surface area contributed by atoms with Crippen molar-refractivity contribution in [1.82, 2.24) is 4.31 Å². The van der Waals surface area contributed by atoms with Gasteiger partial charge >= 0.3 is 0 Å². The number of likely N-dealkylation sites (N-methyl/N-ethyl adjacent to an activating group) is 1. The van der Waals surface area contributed by atoms with E-state index < -0.39 is 22.5 Å². The molecule has 0 aromatic heterocycles. The van der Waals surface area contributed by atoms with Crippen LogP contribution >= 0.6 is 23.2 Å². The normalized spacial score (nSPS) is 11.3. The van der Waals surface area contributed by atoms with Crippen LogP contribution in [-0.4, -0.2) is 46.4 Å². The lowest BCUT2D eigenvalue weighted by molar-refractivity contribution is -0.116. The van der Waals surface area contributed by atoms with Crippen molar-refractivity contribution in [2.24, 2.45) is 0 Å². The molecule has 1 amide bonds. The summed E-state index contributed by atoms with van der Waals surface area (Å²) >= 11 is 11.8. The smallest absolute Gasteiger partial charge is 0.244 e. The monoisotopic (exact) mass is 432 g/mol. The molecule has 0 aliphatic rings. The van der Waals surface area contributed by atoms with E-state index in [0.29, 0.717) is 17.2 Å². The first-order valence-corrected chi connectivity index (χ1v) is 9.82. The fourth-order valence-electron chi connectivity index (χ4n) is 2.24. The number of carbonyl (C=O) groups is 1. The van der Waals surface area contributed by atoms with Crippen LogP contribution in [0.5, 0.6) is 11.5 Å². The molecule has 146 valence electrons. The van der Waals surface area contributed by atoms with Gasteiger partial charge < -0.3 is 14.8 Å². The summed E-state index contributed by atoms with van der Waals surface area (Å²) in [5, 5.41) is 2.85. The Hall–Kier alpha value is -2.00. The molecule has 1 N–H and O–H groups in total. The fraction of sp³-hybridized carbons (Fsp3) is 0.235. The van der Waals surface area contributed by atoms with Gasteiger partial charge in [0.05, 0.1) is 25.8 Å². The predicted molar refractivity (Wildman–Crippen MR) is 104 cm³/mol. The Morgan fingerprint density at radius 3 is 2.37 bits per heavy atom. The second kappa shape index (κ2) is 8.79. The molecule has 27 heavy (non-hydrogen) atoms. The molecular formula is C17H18Cl2N2O5S. The van der Waals surface area contributed by atoms with Gasteiger partial charge in [0.25, 0.3) is 0 Å². The summed E-state index contributed by atoms with van der Waals surface area (Å²) < 4.78 is 36.5. The van der Waals surface area contributed by atoms with Crippen molar-refractivity contribution >= 4 is 44.8 Å². The Kier molecular flexibility index (Phi) is 6.94. The van der Waals surface area contributed by atoms with Crippen molar-refractivity contribution in [1.29, 1.82) is 0 Å². The molecule has 0 aliphatic heterocycles. The van der Waals surface area contributed by atoms with Gasteiger partial charge in [-0.3, -0.25) is 4.79 Å². The average Bonchev–Trinajstić information content (AvgIpc) is 2.63. The van der Waals surface area contributed by atoms with Crippen molar-refractivity contribution in [3.8, 4) is 11.5 Å². The average molecular weight is 433 g/mol. The van der Waals surface area contributed by atoms with Crippen LogP contribution in [0, 0.1) is 0 Å². The highest BCUT2D eigenvalue weighted by Gasteiger charge is 2.26. The Morgan fingerprint density at radius 2 is 1.74 bits per heavy atom. The predicted octanol–water partition coefficient (Wildman–Crippen LogP) is 3.27. The highest BCUT2D eigenvalue weighted by atomic mass is 35.5. The molecule has 0 bridgehead atoms. The Labute approximate surface area is 167 Å². The quantitative estimate of drug-likeness (QED) is 0.725. The molecule has 7 nitrogen and oxygen atoms in total. The van der Waals surface area contributed by atoms with Crippen LogP contribution < -0.4 is 14.8 Å². The number of rotatable bonds is 7. The second-order valence-corrected chi connectivity index (χ2v) is 8.31. The standard InChI is InChI=1S/C17H18Cl2N2O5S/c1-21(27(23,24)16-8-11(18)4-6-13(16)19)10-17(22)20-12-5-7-14(25-2)15(9-12)26-3/h4-9H,10H2,1-3H3,(H,20,22). The first-order chi connectivity index (χ1) is 12.7. The summed E-state index contributed by atoms with van der Waals surface area (Å²) in [7, 11) is 0.255. The van der Waals surface area contributed by atoms with E-state index >= 15 is 0 Å². The Balaban J connectivity index is 2.14. The van der Waals surface area contributed by atoms with E-state index in [1.807, 2.05) is 0 Å². The maximum atomic E-state index is 12.6. The molecule has 0 spiro atoms. The van der Waals surface area contributed by atoms with Gasteiger partial charge in [0, 0.05) is 23.8 Å². The van der Waals surface area contributed by atoms with E-state index in [-0.39, 0.29) is 14.9 Å². The highest BCUT2D eigenvalue weighted by molar-refractivity contribution is 7.89. The number of halogens is 2. The SMILES string of the molecule is COc1ccc(NC(=O)CN(C)S(=O)(=O)c2cc(Cl)ccc2Cl)cc1OC. The number of nitrogens with zero attached hydrogens (tertiary/aromatic N) is 1. The Bertz CT molecular complexity index is 950. The third-order valence-corrected chi connectivity index (χ3v) is 6.14. The zero-order valence-electron chi connectivity index (χ0n) is 14.8. The summed E-state index contributed by atoms with van der Waals surface area (Å²) in [6.07, 6.45) is 0. The molecule has 2 aromatic rings. The number of methoxy groups -OCH3 is 2. The third-order valence-electron chi connectivity index (χ3n) is 3.62. The van der Waals surface area contributed by atoms with Crippen LogP contribution in [0.15, 0.2) is 41.3 Å². The zero-order chi connectivity index (χ0) is 20.2. The zero-order valence-corrected chi connectivity index (χ0v) is 17.2. The van der Waals surface area contributed by atoms with Crippen molar-refractivity contribution in [2.45, 2.75) is 4.90 Å². The lowest BCUT2D eigenvalue weighted by Gasteiger charge is -2.18. The van der Waals surface area contributed by atoms with Gasteiger partial charge in [0.2, 0.25) is 15.9 Å². The Morgan fingerprint density at radius 1 is 1.07 bits per heavy atom. The number of benzene rings is 2. The first kappa shape index (κ1) is 21.3. The molecule has 0 unspecified atom stereocenters.